The molecule has 1 heterocycles. The van der Waals surface area contributed by atoms with Gasteiger partial charge in [-0.05, 0) is 31.8 Å². The summed E-state index contributed by atoms with van der Waals surface area (Å²) in [6.07, 6.45) is 5.73. The molecule has 0 saturated carbocycles. The summed E-state index contributed by atoms with van der Waals surface area (Å²) in [6.45, 7) is 0.0681. The lowest BCUT2D eigenvalue weighted by molar-refractivity contribution is -0.118. The van der Waals surface area contributed by atoms with Gasteiger partial charge in [-0.2, -0.15) is 0 Å². The molecule has 1 aromatic carbocycles. The maximum absolute atomic E-state index is 12.5. The lowest BCUT2D eigenvalue weighted by atomic mass is 9.86. The Bertz CT molecular complexity index is 672. The molecule has 2 aliphatic rings. The lowest BCUT2D eigenvalue weighted by Gasteiger charge is -2.19. The number of carbonyl (C=O) groups is 1. The topological polar surface area (TPSA) is 87.0 Å². The van der Waals surface area contributed by atoms with Gasteiger partial charge in [0.05, 0.1) is 0 Å². The minimum atomic E-state index is -0.224. The van der Waals surface area contributed by atoms with Gasteiger partial charge in [-0.1, -0.05) is 6.08 Å². The first-order valence-corrected chi connectivity index (χ1v) is 7.39. The van der Waals surface area contributed by atoms with Gasteiger partial charge >= 0.3 is 0 Å². The summed E-state index contributed by atoms with van der Waals surface area (Å²) in [5, 5.41) is 28.4. The zero-order valence-corrected chi connectivity index (χ0v) is 12.1. The SMILES string of the molecule is O=C1C2=C(C=CC1CCCO)Oc1cc(O)cc(O)c1CC2. The van der Waals surface area contributed by atoms with Crippen LogP contribution < -0.4 is 4.74 Å². The number of fused-ring (bicyclic) bond motifs is 1. The third-order valence-corrected chi connectivity index (χ3v) is 4.10. The molecule has 0 amide bonds. The van der Waals surface area contributed by atoms with Gasteiger partial charge in [0.2, 0.25) is 0 Å². The van der Waals surface area contributed by atoms with Gasteiger partial charge in [0, 0.05) is 35.8 Å². The van der Waals surface area contributed by atoms with Gasteiger partial charge in [0.1, 0.15) is 23.0 Å². The summed E-state index contributed by atoms with van der Waals surface area (Å²) >= 11 is 0. The molecule has 0 bridgehead atoms. The number of aliphatic hydroxyl groups excluding tert-OH is 1. The highest BCUT2D eigenvalue weighted by molar-refractivity contribution is 6.00. The van der Waals surface area contributed by atoms with Crippen LogP contribution in [0.15, 0.2) is 35.6 Å². The molecule has 5 nitrogen and oxygen atoms in total. The number of ether oxygens (including phenoxy) is 1. The number of rotatable bonds is 3. The summed E-state index contributed by atoms with van der Waals surface area (Å²) in [5.41, 5.74) is 1.21. The van der Waals surface area contributed by atoms with Crippen molar-refractivity contribution in [2.24, 2.45) is 5.92 Å². The molecular formula is C17H18O5. The van der Waals surface area contributed by atoms with Gasteiger partial charge < -0.3 is 20.1 Å². The number of phenolic OH excluding ortho intramolecular Hbond substituents is 2. The number of hydrogen-bond acceptors (Lipinski definition) is 5. The highest BCUT2D eigenvalue weighted by Gasteiger charge is 2.29. The number of hydrogen-bond donors (Lipinski definition) is 3. The van der Waals surface area contributed by atoms with Crippen molar-refractivity contribution < 1.29 is 24.9 Å². The van der Waals surface area contributed by atoms with Gasteiger partial charge in [-0.15, -0.1) is 0 Å². The van der Waals surface area contributed by atoms with Crippen LogP contribution in [0, 0.1) is 5.92 Å². The Kier molecular flexibility index (Phi) is 3.90. The Balaban J connectivity index is 1.89. The lowest BCUT2D eigenvalue weighted by Crippen LogP contribution is -2.21. The van der Waals surface area contributed by atoms with Crippen molar-refractivity contribution in [1.82, 2.24) is 0 Å². The number of phenols is 2. The highest BCUT2D eigenvalue weighted by Crippen LogP contribution is 2.40. The van der Waals surface area contributed by atoms with Crippen molar-refractivity contribution in [1.29, 1.82) is 0 Å². The van der Waals surface area contributed by atoms with Gasteiger partial charge in [-0.3, -0.25) is 4.79 Å². The number of aromatic hydroxyl groups is 2. The molecule has 22 heavy (non-hydrogen) atoms. The van der Waals surface area contributed by atoms with E-state index in [0.717, 1.165) is 0 Å². The van der Waals surface area contributed by atoms with Crippen molar-refractivity contribution in [3.8, 4) is 17.2 Å². The third-order valence-electron chi connectivity index (χ3n) is 4.10. The number of benzene rings is 1. The Morgan fingerprint density at radius 2 is 2.05 bits per heavy atom. The Labute approximate surface area is 128 Å². The molecule has 1 aromatic rings. The van der Waals surface area contributed by atoms with Crippen LogP contribution in [0.1, 0.15) is 24.8 Å². The molecule has 1 unspecified atom stereocenters. The number of allylic oxidation sites excluding steroid dienone is 3. The number of aliphatic hydroxyl groups is 1. The summed E-state index contributed by atoms with van der Waals surface area (Å²) in [7, 11) is 0. The van der Waals surface area contributed by atoms with E-state index in [4.69, 9.17) is 9.84 Å². The third kappa shape index (κ3) is 2.60. The zero-order chi connectivity index (χ0) is 15.7. The van der Waals surface area contributed by atoms with E-state index < -0.39 is 0 Å². The second-order valence-corrected chi connectivity index (χ2v) is 5.58. The van der Waals surface area contributed by atoms with Gasteiger partial charge in [0.15, 0.2) is 5.78 Å². The van der Waals surface area contributed by atoms with Crippen molar-refractivity contribution in [3.05, 3.63) is 41.2 Å². The van der Waals surface area contributed by atoms with Crippen LogP contribution in [0.2, 0.25) is 0 Å². The summed E-state index contributed by atoms with van der Waals surface area (Å²) in [6, 6.07) is 2.72. The molecule has 0 radical (unpaired) electrons. The van der Waals surface area contributed by atoms with E-state index in [9.17, 15) is 15.0 Å². The Morgan fingerprint density at radius 1 is 1.23 bits per heavy atom. The molecular weight excluding hydrogens is 284 g/mol. The average Bonchev–Trinajstić information content (AvgIpc) is 2.66. The molecule has 0 spiro atoms. The second kappa shape index (κ2) is 5.85. The zero-order valence-electron chi connectivity index (χ0n) is 12.1. The van der Waals surface area contributed by atoms with E-state index in [2.05, 4.69) is 0 Å². The molecule has 116 valence electrons. The number of Topliss-reactive ketones (excluding diaryl/α,β-unsaturated/α-hetero) is 1. The van der Waals surface area contributed by atoms with Crippen LogP contribution in [0.4, 0.5) is 0 Å². The van der Waals surface area contributed by atoms with Crippen LogP contribution in [-0.2, 0) is 11.2 Å². The monoisotopic (exact) mass is 302 g/mol. The summed E-state index contributed by atoms with van der Waals surface area (Å²) in [4.78, 5) is 12.5. The van der Waals surface area contributed by atoms with Crippen LogP contribution in [0.25, 0.3) is 0 Å². The maximum atomic E-state index is 12.5. The fraction of sp³-hybridized carbons (Fsp3) is 0.353. The van der Waals surface area contributed by atoms with Crippen molar-refractivity contribution in [3.63, 3.8) is 0 Å². The quantitative estimate of drug-likeness (QED) is 0.797. The summed E-state index contributed by atoms with van der Waals surface area (Å²) < 4.78 is 5.75. The minimum Gasteiger partial charge on any atom is -0.508 e. The van der Waals surface area contributed by atoms with Gasteiger partial charge in [-0.25, -0.2) is 0 Å². The van der Waals surface area contributed by atoms with Crippen LogP contribution in [0.5, 0.6) is 17.2 Å². The van der Waals surface area contributed by atoms with E-state index in [1.54, 1.807) is 12.2 Å². The minimum absolute atomic E-state index is 0.0162. The first kappa shape index (κ1) is 14.7. The van der Waals surface area contributed by atoms with Crippen LogP contribution in [-0.4, -0.2) is 27.7 Å². The number of carbonyl (C=O) groups excluding carboxylic acids is 1. The molecule has 1 atom stereocenters. The molecule has 5 heteroatoms. The highest BCUT2D eigenvalue weighted by atomic mass is 16.5. The van der Waals surface area contributed by atoms with E-state index >= 15 is 0 Å². The van der Waals surface area contributed by atoms with Gasteiger partial charge in [0.25, 0.3) is 0 Å². The molecule has 3 N–H and O–H groups in total. The summed E-state index contributed by atoms with van der Waals surface area (Å²) in [5.74, 6) is 0.554. The average molecular weight is 302 g/mol. The van der Waals surface area contributed by atoms with Crippen molar-refractivity contribution in [2.45, 2.75) is 25.7 Å². The molecule has 3 rings (SSSR count). The normalized spacial score (nSPS) is 20.2. The number of ketones is 1. The second-order valence-electron chi connectivity index (χ2n) is 5.58. The maximum Gasteiger partial charge on any atom is 0.169 e. The molecule has 0 saturated heterocycles. The van der Waals surface area contributed by atoms with Crippen LogP contribution >= 0.6 is 0 Å². The van der Waals surface area contributed by atoms with E-state index in [-0.39, 0.29) is 29.8 Å². The molecule has 0 fully saturated rings. The fourth-order valence-corrected chi connectivity index (χ4v) is 2.94. The molecule has 0 aromatic heterocycles. The van der Waals surface area contributed by atoms with Crippen molar-refractivity contribution in [2.75, 3.05) is 6.61 Å². The first-order chi connectivity index (χ1) is 10.6. The Hall–Kier alpha value is -2.27. The fourth-order valence-electron chi connectivity index (χ4n) is 2.94. The van der Waals surface area contributed by atoms with E-state index in [1.807, 2.05) is 0 Å². The predicted octanol–water partition coefficient (Wildman–Crippen LogP) is 2.20. The standard InChI is InChI=1S/C17H18O5/c18-7-1-2-10-3-6-15-13(17(10)21)5-4-12-14(20)8-11(19)9-16(12)22-15/h3,6,8-10,18-20H,1-2,4-5,7H2. The molecule has 1 aliphatic carbocycles. The van der Waals surface area contributed by atoms with E-state index in [1.165, 1.54) is 12.1 Å². The largest absolute Gasteiger partial charge is 0.508 e. The van der Waals surface area contributed by atoms with Crippen LogP contribution in [0.3, 0.4) is 0 Å². The predicted molar refractivity (Wildman–Crippen MR) is 79.7 cm³/mol. The molecule has 1 aliphatic heterocycles. The van der Waals surface area contributed by atoms with E-state index in [0.29, 0.717) is 48.3 Å². The smallest absolute Gasteiger partial charge is 0.169 e. The van der Waals surface area contributed by atoms with Crippen molar-refractivity contribution >= 4 is 5.78 Å². The first-order valence-electron chi connectivity index (χ1n) is 7.39. The Morgan fingerprint density at radius 3 is 2.82 bits per heavy atom.